The summed E-state index contributed by atoms with van der Waals surface area (Å²) in [6.45, 7) is 0.575. The highest BCUT2D eigenvalue weighted by molar-refractivity contribution is 5.91. The number of phenols is 1. The molecule has 122 valence electrons. The van der Waals surface area contributed by atoms with Crippen LogP contribution in [0.25, 0.3) is 6.08 Å². The van der Waals surface area contributed by atoms with Gasteiger partial charge in [0.05, 0.1) is 7.11 Å². The first-order chi connectivity index (χ1) is 11.1. The molecule has 0 saturated heterocycles. The van der Waals surface area contributed by atoms with Crippen molar-refractivity contribution in [2.75, 3.05) is 13.7 Å². The number of hydrogen-bond acceptors (Lipinski definition) is 4. The summed E-state index contributed by atoms with van der Waals surface area (Å²) in [6.07, 6.45) is 10.2. The van der Waals surface area contributed by atoms with Crippen LogP contribution < -0.4 is 10.1 Å². The van der Waals surface area contributed by atoms with Crippen LogP contribution in [0.4, 0.5) is 0 Å². The predicted octanol–water partition coefficient (Wildman–Crippen LogP) is 2.94. The van der Waals surface area contributed by atoms with Crippen molar-refractivity contribution < 1.29 is 19.7 Å². The molecule has 0 bridgehead atoms. The summed E-state index contributed by atoms with van der Waals surface area (Å²) in [5.74, 6) is 0.909. The lowest BCUT2D eigenvalue weighted by Crippen LogP contribution is -2.23. The Morgan fingerprint density at radius 1 is 1.43 bits per heavy atom. The van der Waals surface area contributed by atoms with E-state index >= 15 is 0 Å². The van der Waals surface area contributed by atoms with E-state index in [2.05, 4.69) is 5.32 Å². The molecule has 1 unspecified atom stereocenters. The average molecular weight is 315 g/mol. The van der Waals surface area contributed by atoms with Crippen molar-refractivity contribution in [1.29, 1.82) is 0 Å². The molecule has 1 aliphatic carbocycles. The molecule has 23 heavy (non-hydrogen) atoms. The molecular formula is C18H21NO4. The lowest BCUT2D eigenvalue weighted by Gasteiger charge is -2.13. The molecule has 1 aliphatic rings. The second-order valence-electron chi connectivity index (χ2n) is 5.33. The molecule has 5 heteroatoms. The van der Waals surface area contributed by atoms with Crippen molar-refractivity contribution >= 4 is 12.0 Å². The maximum Gasteiger partial charge on any atom is 0.243 e. The van der Waals surface area contributed by atoms with Gasteiger partial charge in [0, 0.05) is 12.6 Å². The number of carbonyl (C=O) groups excluding carboxylic acids is 1. The zero-order valence-corrected chi connectivity index (χ0v) is 13.0. The number of amides is 1. The Morgan fingerprint density at radius 2 is 2.26 bits per heavy atom. The molecule has 2 rings (SSSR count). The van der Waals surface area contributed by atoms with Gasteiger partial charge in [0.1, 0.15) is 5.76 Å². The number of aliphatic hydroxyl groups is 1. The second kappa shape index (κ2) is 8.08. The quantitative estimate of drug-likeness (QED) is 0.705. The van der Waals surface area contributed by atoms with Crippen molar-refractivity contribution in [1.82, 2.24) is 5.32 Å². The Kier molecular flexibility index (Phi) is 5.86. The fourth-order valence-corrected chi connectivity index (χ4v) is 2.28. The third kappa shape index (κ3) is 5.21. The summed E-state index contributed by atoms with van der Waals surface area (Å²) in [5, 5.41) is 21.6. The SMILES string of the molecule is COc1cc(/C=C/C(=O)NCCC2C=CC(O)=CC2)ccc1O. The Labute approximate surface area is 135 Å². The summed E-state index contributed by atoms with van der Waals surface area (Å²) in [4.78, 5) is 11.8. The Bertz CT molecular complexity index is 646. The maximum atomic E-state index is 11.8. The van der Waals surface area contributed by atoms with Gasteiger partial charge < -0.3 is 20.3 Å². The van der Waals surface area contributed by atoms with Crippen LogP contribution >= 0.6 is 0 Å². The van der Waals surface area contributed by atoms with Gasteiger partial charge in [-0.25, -0.2) is 0 Å². The normalized spacial score (nSPS) is 17.1. The molecule has 1 atom stereocenters. The van der Waals surface area contributed by atoms with Gasteiger partial charge in [0.15, 0.2) is 11.5 Å². The molecule has 1 aromatic carbocycles. The van der Waals surface area contributed by atoms with E-state index in [0.29, 0.717) is 24.0 Å². The van der Waals surface area contributed by atoms with E-state index in [1.54, 1.807) is 30.4 Å². The molecule has 0 heterocycles. The molecule has 5 nitrogen and oxygen atoms in total. The second-order valence-corrected chi connectivity index (χ2v) is 5.33. The van der Waals surface area contributed by atoms with Crippen molar-refractivity contribution in [3.8, 4) is 11.5 Å². The van der Waals surface area contributed by atoms with E-state index < -0.39 is 0 Å². The molecule has 1 amide bonds. The predicted molar refractivity (Wildman–Crippen MR) is 89.3 cm³/mol. The number of allylic oxidation sites excluding steroid dienone is 3. The van der Waals surface area contributed by atoms with Gasteiger partial charge in [-0.3, -0.25) is 4.79 Å². The van der Waals surface area contributed by atoms with Crippen LogP contribution in [0.15, 0.2) is 48.3 Å². The number of hydrogen-bond donors (Lipinski definition) is 3. The monoisotopic (exact) mass is 315 g/mol. The van der Waals surface area contributed by atoms with Crippen molar-refractivity contribution in [2.24, 2.45) is 5.92 Å². The van der Waals surface area contributed by atoms with Crippen LogP contribution in [0.5, 0.6) is 11.5 Å². The lowest BCUT2D eigenvalue weighted by molar-refractivity contribution is -0.116. The van der Waals surface area contributed by atoms with Crippen LogP contribution in [0.3, 0.4) is 0 Å². The van der Waals surface area contributed by atoms with E-state index in [1.807, 2.05) is 6.08 Å². The van der Waals surface area contributed by atoms with Gasteiger partial charge in [0.25, 0.3) is 0 Å². The summed E-state index contributed by atoms with van der Waals surface area (Å²) in [7, 11) is 1.48. The first-order valence-electron chi connectivity index (χ1n) is 7.48. The molecular weight excluding hydrogens is 294 g/mol. The lowest BCUT2D eigenvalue weighted by atomic mass is 9.97. The summed E-state index contributed by atoms with van der Waals surface area (Å²) >= 11 is 0. The smallest absolute Gasteiger partial charge is 0.243 e. The van der Waals surface area contributed by atoms with Crippen LogP contribution in [0, 0.1) is 5.92 Å². The number of nitrogens with one attached hydrogen (secondary N) is 1. The van der Waals surface area contributed by atoms with Gasteiger partial charge in [-0.1, -0.05) is 12.1 Å². The van der Waals surface area contributed by atoms with Crippen LogP contribution in [-0.2, 0) is 4.79 Å². The van der Waals surface area contributed by atoms with Gasteiger partial charge in [-0.15, -0.1) is 0 Å². The highest BCUT2D eigenvalue weighted by Gasteiger charge is 2.08. The fourth-order valence-electron chi connectivity index (χ4n) is 2.28. The number of methoxy groups -OCH3 is 1. The largest absolute Gasteiger partial charge is 0.508 e. The van der Waals surface area contributed by atoms with Crippen molar-refractivity contribution in [3.63, 3.8) is 0 Å². The molecule has 0 aliphatic heterocycles. The Morgan fingerprint density at radius 3 is 2.96 bits per heavy atom. The van der Waals surface area contributed by atoms with E-state index in [1.165, 1.54) is 19.3 Å². The molecule has 0 spiro atoms. The molecule has 0 radical (unpaired) electrons. The molecule has 0 aromatic heterocycles. The average Bonchev–Trinajstić information content (AvgIpc) is 2.56. The summed E-state index contributed by atoms with van der Waals surface area (Å²) in [5.41, 5.74) is 0.769. The van der Waals surface area contributed by atoms with Gasteiger partial charge in [-0.2, -0.15) is 0 Å². The minimum atomic E-state index is -0.171. The molecule has 1 aromatic rings. The number of ether oxygens (including phenoxy) is 1. The third-order valence-electron chi connectivity index (χ3n) is 3.61. The third-order valence-corrected chi connectivity index (χ3v) is 3.61. The topological polar surface area (TPSA) is 78.8 Å². The first-order valence-corrected chi connectivity index (χ1v) is 7.48. The maximum absolute atomic E-state index is 11.8. The number of phenolic OH excluding ortho intramolecular Hbond substituents is 1. The minimum absolute atomic E-state index is 0.0646. The fraction of sp³-hybridized carbons (Fsp3) is 0.278. The zero-order chi connectivity index (χ0) is 16.7. The van der Waals surface area contributed by atoms with Crippen LogP contribution in [0.1, 0.15) is 18.4 Å². The number of rotatable bonds is 6. The van der Waals surface area contributed by atoms with Gasteiger partial charge in [0.2, 0.25) is 5.91 Å². The van der Waals surface area contributed by atoms with Gasteiger partial charge >= 0.3 is 0 Å². The number of carbonyl (C=O) groups is 1. The highest BCUT2D eigenvalue weighted by Crippen LogP contribution is 2.26. The highest BCUT2D eigenvalue weighted by atomic mass is 16.5. The molecule has 0 saturated carbocycles. The van der Waals surface area contributed by atoms with E-state index in [-0.39, 0.29) is 11.7 Å². The standard InChI is InChI=1S/C18H21NO4/c1-23-17-12-14(4-8-16(17)21)5-9-18(22)19-11-10-13-2-6-15(20)7-3-13/h2,4-9,12-13,20-21H,3,10-11H2,1H3,(H,19,22)/b9-5+. The summed E-state index contributed by atoms with van der Waals surface area (Å²) < 4.78 is 5.02. The van der Waals surface area contributed by atoms with Crippen molar-refractivity contribution in [2.45, 2.75) is 12.8 Å². The van der Waals surface area contributed by atoms with E-state index in [4.69, 9.17) is 4.74 Å². The zero-order valence-electron chi connectivity index (χ0n) is 13.0. The van der Waals surface area contributed by atoms with E-state index in [9.17, 15) is 15.0 Å². The minimum Gasteiger partial charge on any atom is -0.508 e. The number of aromatic hydroxyl groups is 1. The molecule has 3 N–H and O–H groups in total. The van der Waals surface area contributed by atoms with Crippen LogP contribution in [-0.4, -0.2) is 29.8 Å². The Balaban J connectivity index is 1.77. The van der Waals surface area contributed by atoms with E-state index in [0.717, 1.165) is 18.4 Å². The number of benzene rings is 1. The van der Waals surface area contributed by atoms with Gasteiger partial charge in [-0.05, 0) is 54.7 Å². The molecule has 0 fully saturated rings. The van der Waals surface area contributed by atoms with Crippen molar-refractivity contribution in [3.05, 3.63) is 53.8 Å². The van der Waals surface area contributed by atoms with Crippen LogP contribution in [0.2, 0.25) is 0 Å². The first kappa shape index (κ1) is 16.7. The Hall–Kier alpha value is -2.69. The number of aliphatic hydroxyl groups excluding tert-OH is 1. The summed E-state index contributed by atoms with van der Waals surface area (Å²) in [6, 6.07) is 4.88.